The van der Waals surface area contributed by atoms with Crippen LogP contribution in [0.4, 0.5) is 5.69 Å². The molecule has 1 aromatic heterocycles. The molecule has 102 valence electrons. The van der Waals surface area contributed by atoms with Crippen molar-refractivity contribution in [3.05, 3.63) is 47.8 Å². The molecule has 1 heterocycles. The van der Waals surface area contributed by atoms with Gasteiger partial charge in [0.2, 0.25) is 0 Å². The van der Waals surface area contributed by atoms with E-state index in [0.29, 0.717) is 6.61 Å². The lowest BCUT2D eigenvalue weighted by Crippen LogP contribution is -2.04. The largest absolute Gasteiger partial charge is 0.383 e. The number of methoxy groups -OCH3 is 1. The maximum absolute atomic E-state index is 5.03. The molecule has 0 spiro atoms. The van der Waals surface area contributed by atoms with Gasteiger partial charge in [0.1, 0.15) is 0 Å². The fraction of sp³-hybridized carbons (Fsp3) is 0.400. The molecule has 4 nitrogen and oxygen atoms in total. The van der Waals surface area contributed by atoms with Gasteiger partial charge in [-0.3, -0.25) is 4.68 Å². The van der Waals surface area contributed by atoms with E-state index in [1.165, 1.54) is 11.1 Å². The van der Waals surface area contributed by atoms with E-state index in [0.717, 1.165) is 25.2 Å². The second-order valence-corrected chi connectivity index (χ2v) is 4.46. The van der Waals surface area contributed by atoms with Crippen molar-refractivity contribution in [3.63, 3.8) is 0 Å². The first-order valence-electron chi connectivity index (χ1n) is 6.65. The Morgan fingerprint density at radius 2 is 2.05 bits per heavy atom. The third kappa shape index (κ3) is 3.83. The van der Waals surface area contributed by atoms with Gasteiger partial charge in [-0.25, -0.2) is 0 Å². The lowest BCUT2D eigenvalue weighted by molar-refractivity contribution is 0.183. The third-order valence-electron chi connectivity index (χ3n) is 3.14. The zero-order valence-corrected chi connectivity index (χ0v) is 11.6. The summed E-state index contributed by atoms with van der Waals surface area (Å²) in [5.41, 5.74) is 3.78. The minimum atomic E-state index is 0.680. The topological polar surface area (TPSA) is 39.1 Å². The van der Waals surface area contributed by atoms with Gasteiger partial charge in [0.05, 0.1) is 25.0 Å². The van der Waals surface area contributed by atoms with Crippen molar-refractivity contribution in [2.24, 2.45) is 0 Å². The van der Waals surface area contributed by atoms with Crippen LogP contribution in [0.15, 0.2) is 36.7 Å². The summed E-state index contributed by atoms with van der Waals surface area (Å²) in [6.07, 6.45) is 4.92. The zero-order chi connectivity index (χ0) is 13.5. The Morgan fingerprint density at radius 1 is 1.26 bits per heavy atom. The van der Waals surface area contributed by atoms with Crippen LogP contribution in [0.5, 0.6) is 0 Å². The number of rotatable bonds is 7. The van der Waals surface area contributed by atoms with Crippen molar-refractivity contribution in [3.8, 4) is 0 Å². The van der Waals surface area contributed by atoms with E-state index in [9.17, 15) is 0 Å². The van der Waals surface area contributed by atoms with Crippen LogP contribution in [0.25, 0.3) is 0 Å². The van der Waals surface area contributed by atoms with E-state index in [2.05, 4.69) is 41.6 Å². The molecule has 0 aliphatic carbocycles. The van der Waals surface area contributed by atoms with E-state index in [1.54, 1.807) is 7.11 Å². The SMILES string of the molecule is CCc1ccccc1CNc1cnn(CCOC)c1. The van der Waals surface area contributed by atoms with Gasteiger partial charge < -0.3 is 10.1 Å². The summed E-state index contributed by atoms with van der Waals surface area (Å²) in [6.45, 7) is 4.48. The van der Waals surface area contributed by atoms with Crippen LogP contribution in [-0.2, 0) is 24.2 Å². The van der Waals surface area contributed by atoms with E-state index in [4.69, 9.17) is 4.74 Å². The molecular weight excluding hydrogens is 238 g/mol. The van der Waals surface area contributed by atoms with Gasteiger partial charge in [-0.15, -0.1) is 0 Å². The molecule has 0 fully saturated rings. The molecular formula is C15H21N3O. The second kappa shape index (κ2) is 6.95. The van der Waals surface area contributed by atoms with Crippen LogP contribution < -0.4 is 5.32 Å². The molecule has 1 N–H and O–H groups in total. The van der Waals surface area contributed by atoms with Gasteiger partial charge in [-0.05, 0) is 17.5 Å². The normalized spacial score (nSPS) is 10.6. The fourth-order valence-corrected chi connectivity index (χ4v) is 2.03. The van der Waals surface area contributed by atoms with Gasteiger partial charge in [0.15, 0.2) is 0 Å². The van der Waals surface area contributed by atoms with E-state index in [1.807, 2.05) is 17.1 Å². The zero-order valence-electron chi connectivity index (χ0n) is 11.6. The van der Waals surface area contributed by atoms with Crippen LogP contribution in [-0.4, -0.2) is 23.5 Å². The van der Waals surface area contributed by atoms with Gasteiger partial charge in [-0.1, -0.05) is 31.2 Å². The summed E-state index contributed by atoms with van der Waals surface area (Å²) in [5.74, 6) is 0. The van der Waals surface area contributed by atoms with Gasteiger partial charge in [0.25, 0.3) is 0 Å². The highest BCUT2D eigenvalue weighted by atomic mass is 16.5. The molecule has 0 atom stereocenters. The molecule has 0 saturated carbocycles. The molecule has 0 amide bonds. The van der Waals surface area contributed by atoms with Crippen LogP contribution in [0.2, 0.25) is 0 Å². The van der Waals surface area contributed by atoms with Crippen molar-refractivity contribution in [1.82, 2.24) is 9.78 Å². The first-order chi connectivity index (χ1) is 9.33. The Bertz CT molecular complexity index is 508. The Hall–Kier alpha value is -1.81. The highest BCUT2D eigenvalue weighted by molar-refractivity contribution is 5.40. The van der Waals surface area contributed by atoms with Crippen molar-refractivity contribution in [2.45, 2.75) is 26.4 Å². The summed E-state index contributed by atoms with van der Waals surface area (Å²) >= 11 is 0. The maximum atomic E-state index is 5.03. The van der Waals surface area contributed by atoms with Gasteiger partial charge >= 0.3 is 0 Å². The molecule has 19 heavy (non-hydrogen) atoms. The molecule has 0 unspecified atom stereocenters. The third-order valence-corrected chi connectivity index (χ3v) is 3.14. The average molecular weight is 259 g/mol. The van der Waals surface area contributed by atoms with E-state index >= 15 is 0 Å². The lowest BCUT2D eigenvalue weighted by atomic mass is 10.1. The Labute approximate surface area is 114 Å². The molecule has 0 aliphatic heterocycles. The molecule has 2 rings (SSSR count). The van der Waals surface area contributed by atoms with Crippen molar-refractivity contribution in [2.75, 3.05) is 19.0 Å². The maximum Gasteiger partial charge on any atom is 0.0729 e. The Balaban J connectivity index is 1.93. The summed E-state index contributed by atoms with van der Waals surface area (Å²) < 4.78 is 6.92. The fourth-order valence-electron chi connectivity index (χ4n) is 2.03. The number of hydrogen-bond donors (Lipinski definition) is 1. The predicted molar refractivity (Wildman–Crippen MR) is 77.2 cm³/mol. The first-order valence-corrected chi connectivity index (χ1v) is 6.65. The van der Waals surface area contributed by atoms with E-state index in [-0.39, 0.29) is 0 Å². The number of ether oxygens (including phenoxy) is 1. The molecule has 1 aromatic carbocycles. The van der Waals surface area contributed by atoms with Crippen molar-refractivity contribution >= 4 is 5.69 Å². The molecule has 0 bridgehead atoms. The predicted octanol–water partition coefficient (Wildman–Crippen LogP) is 2.70. The second-order valence-electron chi connectivity index (χ2n) is 4.46. The minimum absolute atomic E-state index is 0.680. The van der Waals surface area contributed by atoms with E-state index < -0.39 is 0 Å². The summed E-state index contributed by atoms with van der Waals surface area (Å²) in [4.78, 5) is 0. The number of aromatic nitrogens is 2. The monoisotopic (exact) mass is 259 g/mol. The Morgan fingerprint density at radius 3 is 2.79 bits per heavy atom. The quantitative estimate of drug-likeness (QED) is 0.831. The summed E-state index contributed by atoms with van der Waals surface area (Å²) in [6, 6.07) is 8.52. The standard InChI is InChI=1S/C15H21N3O/c1-3-13-6-4-5-7-14(13)10-16-15-11-17-18(12-15)8-9-19-2/h4-7,11-12,16H,3,8-10H2,1-2H3. The van der Waals surface area contributed by atoms with Crippen LogP contribution in [0.3, 0.4) is 0 Å². The summed E-state index contributed by atoms with van der Waals surface area (Å²) in [7, 11) is 1.70. The van der Waals surface area contributed by atoms with Crippen molar-refractivity contribution in [1.29, 1.82) is 0 Å². The number of anilines is 1. The number of nitrogens with zero attached hydrogens (tertiary/aromatic N) is 2. The smallest absolute Gasteiger partial charge is 0.0729 e. The number of benzene rings is 1. The summed E-state index contributed by atoms with van der Waals surface area (Å²) in [5, 5.41) is 7.69. The highest BCUT2D eigenvalue weighted by Gasteiger charge is 2.01. The first kappa shape index (κ1) is 13.6. The van der Waals surface area contributed by atoms with Gasteiger partial charge in [0, 0.05) is 19.9 Å². The average Bonchev–Trinajstić information content (AvgIpc) is 2.91. The minimum Gasteiger partial charge on any atom is -0.383 e. The lowest BCUT2D eigenvalue weighted by Gasteiger charge is -2.08. The van der Waals surface area contributed by atoms with Crippen molar-refractivity contribution < 1.29 is 4.74 Å². The molecule has 0 saturated heterocycles. The molecule has 0 aliphatic rings. The Kier molecular flexibility index (Phi) is 4.98. The van der Waals surface area contributed by atoms with Crippen LogP contribution in [0, 0.1) is 0 Å². The highest BCUT2D eigenvalue weighted by Crippen LogP contribution is 2.12. The van der Waals surface area contributed by atoms with Gasteiger partial charge in [-0.2, -0.15) is 5.10 Å². The molecule has 4 heteroatoms. The van der Waals surface area contributed by atoms with Crippen LogP contribution in [0.1, 0.15) is 18.1 Å². The van der Waals surface area contributed by atoms with Crippen LogP contribution >= 0.6 is 0 Å². The number of aryl methyl sites for hydroxylation is 1. The molecule has 0 radical (unpaired) electrons. The number of nitrogens with one attached hydrogen (secondary N) is 1. The number of hydrogen-bond acceptors (Lipinski definition) is 3. The molecule has 2 aromatic rings.